The number of aromatic amines is 1. The number of carbonyl (C=O) groups excluding carboxylic acids is 1. The first-order valence-corrected chi connectivity index (χ1v) is 10.9. The summed E-state index contributed by atoms with van der Waals surface area (Å²) in [4.78, 5) is 36.9. The summed E-state index contributed by atoms with van der Waals surface area (Å²) in [5.74, 6) is -1.86. The molecule has 0 aromatic carbocycles. The fourth-order valence-electron chi connectivity index (χ4n) is 3.56. The first-order valence-electron chi connectivity index (χ1n) is 10.9. The lowest BCUT2D eigenvalue weighted by molar-refractivity contribution is -0.162. The number of unbranched alkanes of at least 4 members (excludes halogenated alkanes) is 9. The average molecular weight is 429 g/mol. The van der Waals surface area contributed by atoms with E-state index in [0.29, 0.717) is 6.20 Å². The van der Waals surface area contributed by atoms with Crippen LogP contribution in [0.4, 0.5) is 4.39 Å². The Labute approximate surface area is 175 Å². The van der Waals surface area contributed by atoms with Gasteiger partial charge in [-0.15, -0.1) is 0 Å². The highest BCUT2D eigenvalue weighted by Crippen LogP contribution is 2.28. The lowest BCUT2D eigenvalue weighted by atomic mass is 10.1. The van der Waals surface area contributed by atoms with Crippen molar-refractivity contribution in [1.82, 2.24) is 9.55 Å². The number of hydrogen-bond acceptors (Lipinski definition) is 6. The molecule has 1 aromatic rings. The van der Waals surface area contributed by atoms with Gasteiger partial charge in [0, 0.05) is 6.42 Å². The number of nitrogens with one attached hydrogen (secondary N) is 1. The maximum absolute atomic E-state index is 13.4. The molecule has 30 heavy (non-hydrogen) atoms. The van der Waals surface area contributed by atoms with E-state index in [1.807, 2.05) is 4.98 Å². The second-order valence-corrected chi connectivity index (χ2v) is 7.81. The zero-order chi connectivity index (χ0) is 21.9. The molecule has 0 spiro atoms. The predicted octanol–water partition coefficient (Wildman–Crippen LogP) is 2.79. The fraction of sp³-hybridized carbons (Fsp3) is 0.762. The van der Waals surface area contributed by atoms with Crippen LogP contribution in [0.5, 0.6) is 0 Å². The number of hydrogen-bond donors (Lipinski definition) is 2. The third-order valence-electron chi connectivity index (χ3n) is 5.31. The molecule has 1 aromatic heterocycles. The van der Waals surface area contributed by atoms with Gasteiger partial charge in [0.05, 0.1) is 18.9 Å². The Bertz CT molecular complexity index is 777. The van der Waals surface area contributed by atoms with Gasteiger partial charge in [-0.25, -0.2) is 9.59 Å². The van der Waals surface area contributed by atoms with Crippen molar-refractivity contribution in [3.63, 3.8) is 0 Å². The van der Waals surface area contributed by atoms with E-state index in [4.69, 9.17) is 9.47 Å². The smallest absolute Gasteiger partial charge is 0.338 e. The normalized spacial score (nSPS) is 21.1. The fourth-order valence-corrected chi connectivity index (χ4v) is 3.56. The summed E-state index contributed by atoms with van der Waals surface area (Å²) >= 11 is 0. The molecule has 170 valence electrons. The van der Waals surface area contributed by atoms with Crippen molar-refractivity contribution in [3.05, 3.63) is 32.9 Å². The molecule has 0 bridgehead atoms. The maximum atomic E-state index is 13.4. The number of ether oxygens (including phenoxy) is 2. The number of aromatic nitrogens is 2. The van der Waals surface area contributed by atoms with Crippen LogP contribution < -0.4 is 11.2 Å². The molecular weight excluding hydrogens is 395 g/mol. The number of H-pyrrole nitrogens is 1. The summed E-state index contributed by atoms with van der Waals surface area (Å²) in [6, 6.07) is 0. The quantitative estimate of drug-likeness (QED) is 0.369. The van der Waals surface area contributed by atoms with Crippen LogP contribution in [0.2, 0.25) is 0 Å². The molecule has 8 nitrogen and oxygen atoms in total. The SMILES string of the molecule is CCCCCCCCCCCCOC(=O)[C@H]1O[C@@H](n2cc(F)c(=O)[nH]c2=O)C[C@@H]1O. The van der Waals surface area contributed by atoms with E-state index in [1.165, 1.54) is 44.9 Å². The van der Waals surface area contributed by atoms with Crippen molar-refractivity contribution in [1.29, 1.82) is 0 Å². The molecule has 0 aliphatic carbocycles. The summed E-state index contributed by atoms with van der Waals surface area (Å²) < 4.78 is 24.8. The van der Waals surface area contributed by atoms with Crippen LogP contribution in [-0.4, -0.2) is 39.4 Å². The zero-order valence-corrected chi connectivity index (χ0v) is 17.6. The van der Waals surface area contributed by atoms with E-state index in [0.717, 1.165) is 23.8 Å². The van der Waals surface area contributed by atoms with Crippen molar-refractivity contribution in [2.24, 2.45) is 0 Å². The summed E-state index contributed by atoms with van der Waals surface area (Å²) in [7, 11) is 0. The Balaban J connectivity index is 1.65. The molecule has 2 heterocycles. The minimum absolute atomic E-state index is 0.0938. The minimum atomic E-state index is -1.25. The van der Waals surface area contributed by atoms with Crippen LogP contribution in [0.3, 0.4) is 0 Å². The zero-order valence-electron chi connectivity index (χ0n) is 17.6. The Morgan fingerprint density at radius 3 is 2.40 bits per heavy atom. The second-order valence-electron chi connectivity index (χ2n) is 7.81. The highest BCUT2D eigenvalue weighted by Gasteiger charge is 2.41. The summed E-state index contributed by atoms with van der Waals surface area (Å²) in [5, 5.41) is 10.1. The molecular formula is C21H33FN2O6. The molecule has 2 rings (SSSR count). The van der Waals surface area contributed by atoms with Gasteiger partial charge in [-0.2, -0.15) is 4.39 Å². The lowest BCUT2D eigenvalue weighted by Gasteiger charge is -2.15. The third-order valence-corrected chi connectivity index (χ3v) is 5.31. The van der Waals surface area contributed by atoms with E-state index in [9.17, 15) is 23.9 Å². The summed E-state index contributed by atoms with van der Waals surface area (Å²) in [5.41, 5.74) is -2.01. The number of carbonyl (C=O) groups is 1. The summed E-state index contributed by atoms with van der Waals surface area (Å²) in [6.45, 7) is 2.44. The molecule has 1 saturated heterocycles. The second kappa shape index (κ2) is 12.6. The average Bonchev–Trinajstić information content (AvgIpc) is 3.10. The minimum Gasteiger partial charge on any atom is -0.464 e. The number of rotatable bonds is 13. The standard InChI is InChI=1S/C21H33FN2O6/c1-2-3-4-5-6-7-8-9-10-11-12-29-20(27)18-16(25)13-17(30-18)24-14-15(22)19(26)23-21(24)28/h14,16-18,25H,2-13H2,1H3,(H,23,26,28)/t16-,17+,18-/m0/s1. The van der Waals surface area contributed by atoms with E-state index >= 15 is 0 Å². The monoisotopic (exact) mass is 428 g/mol. The first kappa shape index (κ1) is 24.3. The first-order chi connectivity index (χ1) is 14.4. The Morgan fingerprint density at radius 2 is 1.77 bits per heavy atom. The topological polar surface area (TPSA) is 111 Å². The molecule has 0 radical (unpaired) electrons. The number of nitrogens with zero attached hydrogens (tertiary/aromatic N) is 1. The van der Waals surface area contributed by atoms with Gasteiger partial charge in [0.25, 0.3) is 5.56 Å². The molecule has 3 atom stereocenters. The Morgan fingerprint density at radius 1 is 1.17 bits per heavy atom. The molecule has 0 saturated carbocycles. The molecule has 0 amide bonds. The van der Waals surface area contributed by atoms with Crippen LogP contribution in [0.1, 0.15) is 83.8 Å². The molecule has 0 unspecified atom stereocenters. The van der Waals surface area contributed by atoms with Crippen LogP contribution in [0, 0.1) is 5.82 Å². The van der Waals surface area contributed by atoms with Crippen molar-refractivity contribution in [2.45, 2.75) is 96.0 Å². The van der Waals surface area contributed by atoms with Gasteiger partial charge in [0.2, 0.25) is 5.82 Å². The largest absolute Gasteiger partial charge is 0.464 e. The van der Waals surface area contributed by atoms with Crippen LogP contribution in [-0.2, 0) is 14.3 Å². The molecule has 1 aliphatic heterocycles. The van der Waals surface area contributed by atoms with Crippen LogP contribution in [0.15, 0.2) is 15.8 Å². The van der Waals surface area contributed by atoms with Crippen molar-refractivity contribution in [3.8, 4) is 0 Å². The van der Waals surface area contributed by atoms with E-state index in [2.05, 4.69) is 6.92 Å². The van der Waals surface area contributed by atoms with Crippen LogP contribution >= 0.6 is 0 Å². The van der Waals surface area contributed by atoms with Gasteiger partial charge in [-0.1, -0.05) is 64.7 Å². The predicted molar refractivity (Wildman–Crippen MR) is 109 cm³/mol. The molecule has 1 aliphatic rings. The highest BCUT2D eigenvalue weighted by molar-refractivity contribution is 5.75. The Kier molecular flexibility index (Phi) is 10.2. The van der Waals surface area contributed by atoms with E-state index in [1.54, 1.807) is 0 Å². The van der Waals surface area contributed by atoms with Gasteiger partial charge in [-0.3, -0.25) is 14.3 Å². The lowest BCUT2D eigenvalue weighted by Crippen LogP contribution is -2.35. The van der Waals surface area contributed by atoms with Crippen molar-refractivity contribution in [2.75, 3.05) is 6.61 Å². The molecule has 2 N–H and O–H groups in total. The summed E-state index contributed by atoms with van der Waals surface area (Å²) in [6.07, 6.45) is 8.77. The third kappa shape index (κ3) is 7.36. The van der Waals surface area contributed by atoms with Crippen molar-refractivity contribution < 1.29 is 23.8 Å². The number of esters is 1. The van der Waals surface area contributed by atoms with Gasteiger partial charge >= 0.3 is 11.7 Å². The maximum Gasteiger partial charge on any atom is 0.338 e. The van der Waals surface area contributed by atoms with Crippen molar-refractivity contribution >= 4 is 5.97 Å². The van der Waals surface area contributed by atoms with Gasteiger partial charge in [-0.05, 0) is 6.42 Å². The van der Waals surface area contributed by atoms with Gasteiger partial charge < -0.3 is 14.6 Å². The van der Waals surface area contributed by atoms with E-state index in [-0.39, 0.29) is 13.0 Å². The molecule has 9 heteroatoms. The van der Waals surface area contributed by atoms with Gasteiger partial charge in [0.1, 0.15) is 6.23 Å². The molecule has 1 fully saturated rings. The van der Waals surface area contributed by atoms with Crippen LogP contribution in [0.25, 0.3) is 0 Å². The van der Waals surface area contributed by atoms with Gasteiger partial charge in [0.15, 0.2) is 6.10 Å². The van der Waals surface area contributed by atoms with E-state index < -0.39 is 41.5 Å². The number of halogens is 1. The number of aliphatic hydroxyl groups is 1. The Hall–Kier alpha value is -2.00. The number of aliphatic hydroxyl groups excluding tert-OH is 1. The highest BCUT2D eigenvalue weighted by atomic mass is 19.1.